The summed E-state index contributed by atoms with van der Waals surface area (Å²) in [6.45, 7) is 3.61. The lowest BCUT2D eigenvalue weighted by Gasteiger charge is -2.34. The maximum Gasteiger partial charge on any atom is 0.317 e. The maximum absolute atomic E-state index is 12.4. The van der Waals surface area contributed by atoms with Crippen LogP contribution in [0.25, 0.3) is 0 Å². The van der Waals surface area contributed by atoms with E-state index in [1.165, 1.54) is 0 Å². The van der Waals surface area contributed by atoms with Crippen molar-refractivity contribution in [3.8, 4) is 11.5 Å². The predicted molar refractivity (Wildman–Crippen MR) is 94.7 cm³/mol. The Morgan fingerprint density at radius 3 is 2.85 bits per heavy atom. The van der Waals surface area contributed by atoms with Crippen molar-refractivity contribution in [2.75, 3.05) is 53.6 Å². The van der Waals surface area contributed by atoms with E-state index in [2.05, 4.69) is 0 Å². The lowest BCUT2D eigenvalue weighted by Crippen LogP contribution is -2.50. The molecule has 1 amide bonds. The molecular weight excluding hydrogens is 340 g/mol. The number of carboxylic acid groups (broad SMARTS) is 1. The molecule has 0 radical (unpaired) electrons. The molecule has 1 aliphatic heterocycles. The summed E-state index contributed by atoms with van der Waals surface area (Å²) in [7, 11) is 3.32. The Labute approximate surface area is 153 Å². The molecule has 1 aliphatic rings. The van der Waals surface area contributed by atoms with Gasteiger partial charge >= 0.3 is 5.97 Å². The number of methoxy groups -OCH3 is 1. The van der Waals surface area contributed by atoms with Gasteiger partial charge in [-0.2, -0.15) is 0 Å². The first-order valence-electron chi connectivity index (χ1n) is 8.46. The number of aliphatic carboxylic acids is 1. The number of hydrogen-bond acceptors (Lipinski definition) is 6. The van der Waals surface area contributed by atoms with Gasteiger partial charge < -0.3 is 24.2 Å². The summed E-state index contributed by atoms with van der Waals surface area (Å²) in [5.41, 5.74) is 0.936. The first-order chi connectivity index (χ1) is 12.4. The highest BCUT2D eigenvalue weighted by Gasteiger charge is 2.25. The van der Waals surface area contributed by atoms with Crippen molar-refractivity contribution in [2.45, 2.75) is 13.0 Å². The average molecular weight is 366 g/mol. The topological polar surface area (TPSA) is 88.5 Å². The highest BCUT2D eigenvalue weighted by molar-refractivity contribution is 5.78. The molecule has 2 rings (SSSR count). The van der Waals surface area contributed by atoms with E-state index in [1.54, 1.807) is 36.1 Å². The van der Waals surface area contributed by atoms with Crippen LogP contribution in [0.1, 0.15) is 5.56 Å². The molecule has 0 aromatic heterocycles. The van der Waals surface area contributed by atoms with Crippen molar-refractivity contribution in [3.05, 3.63) is 23.8 Å². The number of rotatable bonds is 8. The van der Waals surface area contributed by atoms with Crippen LogP contribution < -0.4 is 9.47 Å². The zero-order valence-electron chi connectivity index (χ0n) is 15.4. The third kappa shape index (κ3) is 5.89. The second-order valence-corrected chi connectivity index (χ2v) is 6.34. The predicted octanol–water partition coefficient (Wildman–Crippen LogP) is 0.626. The van der Waals surface area contributed by atoms with Gasteiger partial charge in [0, 0.05) is 19.6 Å². The van der Waals surface area contributed by atoms with E-state index in [9.17, 15) is 9.59 Å². The van der Waals surface area contributed by atoms with Crippen LogP contribution in [0.15, 0.2) is 18.2 Å². The van der Waals surface area contributed by atoms with Crippen LogP contribution in [0.3, 0.4) is 0 Å². The third-order valence-electron chi connectivity index (χ3n) is 4.14. The molecule has 0 saturated carbocycles. The van der Waals surface area contributed by atoms with Crippen molar-refractivity contribution in [1.82, 2.24) is 9.80 Å². The summed E-state index contributed by atoms with van der Waals surface area (Å²) in [4.78, 5) is 26.5. The molecule has 0 bridgehead atoms. The number of carboxylic acids is 1. The number of morpholine rings is 1. The number of aryl methyl sites for hydroxylation is 1. The van der Waals surface area contributed by atoms with Crippen molar-refractivity contribution in [2.24, 2.45) is 0 Å². The Balaban J connectivity index is 1.83. The number of hydrogen-bond donors (Lipinski definition) is 1. The zero-order chi connectivity index (χ0) is 19.1. The zero-order valence-corrected chi connectivity index (χ0v) is 15.4. The lowest BCUT2D eigenvalue weighted by atomic mass is 10.2. The smallest absolute Gasteiger partial charge is 0.317 e. The van der Waals surface area contributed by atoms with Crippen LogP contribution in [0.4, 0.5) is 0 Å². The SMILES string of the molecule is COc1ccc(OCC(=O)N2CCOC(CN(C)CC(=O)O)C2)cc1C. The minimum atomic E-state index is -0.889. The Morgan fingerprint density at radius 1 is 1.42 bits per heavy atom. The molecule has 8 nitrogen and oxygen atoms in total. The first-order valence-corrected chi connectivity index (χ1v) is 8.46. The van der Waals surface area contributed by atoms with Crippen molar-refractivity contribution >= 4 is 11.9 Å². The van der Waals surface area contributed by atoms with Gasteiger partial charge in [-0.25, -0.2) is 0 Å². The summed E-state index contributed by atoms with van der Waals surface area (Å²) in [5.74, 6) is 0.375. The minimum Gasteiger partial charge on any atom is -0.496 e. The van der Waals surface area contributed by atoms with Gasteiger partial charge in [0.25, 0.3) is 5.91 Å². The normalized spacial score (nSPS) is 17.2. The van der Waals surface area contributed by atoms with E-state index in [1.807, 2.05) is 13.0 Å². The fourth-order valence-electron chi connectivity index (χ4n) is 2.88. The molecular formula is C18H26N2O6. The molecule has 1 aromatic rings. The van der Waals surface area contributed by atoms with E-state index in [0.29, 0.717) is 32.0 Å². The van der Waals surface area contributed by atoms with E-state index in [4.69, 9.17) is 19.3 Å². The molecule has 1 N–H and O–H groups in total. The summed E-state index contributed by atoms with van der Waals surface area (Å²) >= 11 is 0. The minimum absolute atomic E-state index is 0.0521. The number of likely N-dealkylation sites (N-methyl/N-ethyl adjacent to an activating group) is 1. The van der Waals surface area contributed by atoms with Crippen LogP contribution in [0.5, 0.6) is 11.5 Å². The van der Waals surface area contributed by atoms with Crippen molar-refractivity contribution in [3.63, 3.8) is 0 Å². The highest BCUT2D eigenvalue weighted by atomic mass is 16.5. The summed E-state index contributed by atoms with van der Waals surface area (Å²) in [6, 6.07) is 5.40. The molecule has 144 valence electrons. The maximum atomic E-state index is 12.4. The molecule has 8 heteroatoms. The summed E-state index contributed by atoms with van der Waals surface area (Å²) in [5, 5.41) is 8.81. The molecule has 0 aliphatic carbocycles. The number of ether oxygens (including phenoxy) is 3. The van der Waals surface area contributed by atoms with Gasteiger partial charge in [0.15, 0.2) is 6.61 Å². The number of benzene rings is 1. The van der Waals surface area contributed by atoms with E-state index in [-0.39, 0.29) is 25.2 Å². The van der Waals surface area contributed by atoms with E-state index < -0.39 is 5.97 Å². The van der Waals surface area contributed by atoms with Gasteiger partial charge in [-0.15, -0.1) is 0 Å². The van der Waals surface area contributed by atoms with Crippen LogP contribution in [0, 0.1) is 6.92 Å². The van der Waals surface area contributed by atoms with E-state index in [0.717, 1.165) is 11.3 Å². The van der Waals surface area contributed by atoms with Crippen molar-refractivity contribution < 1.29 is 28.9 Å². The number of nitrogens with zero attached hydrogens (tertiary/aromatic N) is 2. The van der Waals surface area contributed by atoms with Crippen LogP contribution >= 0.6 is 0 Å². The molecule has 1 heterocycles. The lowest BCUT2D eigenvalue weighted by molar-refractivity contribution is -0.143. The second-order valence-electron chi connectivity index (χ2n) is 6.34. The highest BCUT2D eigenvalue weighted by Crippen LogP contribution is 2.23. The standard InChI is InChI=1S/C18H26N2O6/c1-13-8-14(4-5-16(13)24-3)26-12-17(21)20-6-7-25-15(10-20)9-19(2)11-18(22)23/h4-5,8,15H,6-7,9-12H2,1-3H3,(H,22,23). The van der Waals surface area contributed by atoms with E-state index >= 15 is 0 Å². The van der Waals surface area contributed by atoms with Crippen LogP contribution in [-0.2, 0) is 14.3 Å². The Kier molecular flexibility index (Phi) is 7.23. The second kappa shape index (κ2) is 9.40. The van der Waals surface area contributed by atoms with Gasteiger partial charge in [0.05, 0.1) is 26.4 Å². The van der Waals surface area contributed by atoms with Crippen molar-refractivity contribution in [1.29, 1.82) is 0 Å². The fourth-order valence-corrected chi connectivity index (χ4v) is 2.88. The monoisotopic (exact) mass is 366 g/mol. The average Bonchev–Trinajstić information content (AvgIpc) is 2.59. The quantitative estimate of drug-likeness (QED) is 0.722. The Morgan fingerprint density at radius 2 is 2.19 bits per heavy atom. The number of carbonyl (C=O) groups is 2. The summed E-state index contributed by atoms with van der Waals surface area (Å²) < 4.78 is 16.4. The van der Waals surface area contributed by atoms with Gasteiger partial charge in [-0.05, 0) is 37.7 Å². The Hall–Kier alpha value is -2.32. The first kappa shape index (κ1) is 20.0. The van der Waals surface area contributed by atoms with Crippen LogP contribution in [0.2, 0.25) is 0 Å². The molecule has 1 unspecified atom stereocenters. The van der Waals surface area contributed by atoms with Crippen LogP contribution in [-0.4, -0.2) is 86.4 Å². The summed E-state index contributed by atoms with van der Waals surface area (Å²) in [6.07, 6.45) is -0.208. The molecule has 1 fully saturated rings. The Bertz CT molecular complexity index is 636. The van der Waals surface area contributed by atoms with Gasteiger partial charge in [-0.1, -0.05) is 0 Å². The molecule has 1 atom stereocenters. The number of amides is 1. The van der Waals surface area contributed by atoms with Gasteiger partial charge in [0.1, 0.15) is 11.5 Å². The molecule has 1 saturated heterocycles. The third-order valence-corrected chi connectivity index (χ3v) is 4.14. The molecule has 1 aromatic carbocycles. The molecule has 0 spiro atoms. The largest absolute Gasteiger partial charge is 0.496 e. The van der Waals surface area contributed by atoms with Gasteiger partial charge in [0.2, 0.25) is 0 Å². The number of carbonyl (C=O) groups excluding carboxylic acids is 1. The fraction of sp³-hybridized carbons (Fsp3) is 0.556. The molecule has 26 heavy (non-hydrogen) atoms. The van der Waals surface area contributed by atoms with Gasteiger partial charge in [-0.3, -0.25) is 14.5 Å².